The summed E-state index contributed by atoms with van der Waals surface area (Å²) in [7, 11) is 1.43. The second kappa shape index (κ2) is 7.75. The van der Waals surface area contributed by atoms with Crippen molar-refractivity contribution in [1.82, 2.24) is 0 Å². The Morgan fingerprint density at radius 1 is 0.955 bits per heavy atom. The van der Waals surface area contributed by atoms with Gasteiger partial charge in [-0.15, -0.1) is 0 Å². The maximum absolute atomic E-state index is 12.3. The molecule has 0 fully saturated rings. The number of carbonyl (C=O) groups excluding carboxylic acids is 1. The van der Waals surface area contributed by atoms with Crippen LogP contribution in [0.3, 0.4) is 0 Å². The van der Waals surface area contributed by atoms with Crippen molar-refractivity contribution in [2.45, 2.75) is 18.8 Å². The molecule has 0 heterocycles. The predicted octanol–water partition coefficient (Wildman–Crippen LogP) is 6.03. The molecule has 2 aromatic rings. The van der Waals surface area contributed by atoms with Crippen LogP contribution in [0.4, 0.5) is 0 Å². The molecule has 0 spiro atoms. The highest BCUT2D eigenvalue weighted by Crippen LogP contribution is 2.36. The lowest BCUT2D eigenvalue weighted by molar-refractivity contribution is -0.142. The number of halogens is 3. The van der Waals surface area contributed by atoms with Gasteiger partial charge in [0.05, 0.1) is 13.0 Å². The Balaban J connectivity index is 2.43. The monoisotopic (exact) mass is 488 g/mol. The minimum absolute atomic E-state index is 0.00799. The van der Waals surface area contributed by atoms with Crippen LogP contribution in [0.5, 0.6) is 0 Å². The van der Waals surface area contributed by atoms with E-state index in [0.717, 1.165) is 24.5 Å². The van der Waals surface area contributed by atoms with E-state index in [4.69, 9.17) is 4.74 Å². The van der Waals surface area contributed by atoms with Gasteiger partial charge in [0, 0.05) is 13.4 Å². The fourth-order valence-corrected chi connectivity index (χ4v) is 3.33. The topological polar surface area (TPSA) is 26.3 Å². The van der Waals surface area contributed by atoms with E-state index in [0.29, 0.717) is 0 Å². The van der Waals surface area contributed by atoms with Gasteiger partial charge in [0.25, 0.3) is 0 Å². The van der Waals surface area contributed by atoms with Crippen molar-refractivity contribution in [3.63, 3.8) is 0 Å². The molecular weight excluding hydrogens is 476 g/mol. The van der Waals surface area contributed by atoms with Crippen LogP contribution in [0.2, 0.25) is 0 Å². The van der Waals surface area contributed by atoms with Gasteiger partial charge in [0.15, 0.2) is 0 Å². The van der Waals surface area contributed by atoms with E-state index in [2.05, 4.69) is 47.8 Å². The normalized spacial score (nSPS) is 13.5. The van der Waals surface area contributed by atoms with E-state index in [1.54, 1.807) is 0 Å². The minimum Gasteiger partial charge on any atom is -0.469 e. The number of hydrogen-bond donors (Lipinski definition) is 0. The van der Waals surface area contributed by atoms with Crippen molar-refractivity contribution >= 4 is 53.8 Å². The van der Waals surface area contributed by atoms with Crippen LogP contribution < -0.4 is 0 Å². The van der Waals surface area contributed by atoms with Gasteiger partial charge in [-0.2, -0.15) is 0 Å². The SMILES string of the molecule is COC(=O)[C@H](c1ccc(Br)c(Br)c1)[C@H](C)c1ccc(Br)cc1. The summed E-state index contributed by atoms with van der Waals surface area (Å²) >= 11 is 10.4. The van der Waals surface area contributed by atoms with Crippen LogP contribution >= 0.6 is 47.8 Å². The maximum atomic E-state index is 12.3. The van der Waals surface area contributed by atoms with Gasteiger partial charge in [-0.25, -0.2) is 0 Å². The molecular formula is C17H15Br3O2. The Hall–Kier alpha value is -0.650. The van der Waals surface area contributed by atoms with Crippen molar-refractivity contribution in [2.24, 2.45) is 0 Å². The standard InChI is InChI=1S/C17H15Br3O2/c1-10(11-3-6-13(18)7-4-11)16(17(21)22-2)12-5-8-14(19)15(20)9-12/h3-10,16H,1-2H3/t10-,16+/m1/s1. The maximum Gasteiger partial charge on any atom is 0.313 e. The predicted molar refractivity (Wildman–Crippen MR) is 99.2 cm³/mol. The first-order valence-corrected chi connectivity index (χ1v) is 9.10. The van der Waals surface area contributed by atoms with Crippen molar-refractivity contribution in [2.75, 3.05) is 7.11 Å². The van der Waals surface area contributed by atoms with Crippen LogP contribution in [0, 0.1) is 0 Å². The fourth-order valence-electron chi connectivity index (χ4n) is 2.42. The van der Waals surface area contributed by atoms with Crippen molar-refractivity contribution in [1.29, 1.82) is 0 Å². The summed E-state index contributed by atoms with van der Waals surface area (Å²) in [5, 5.41) is 0. The molecule has 0 bridgehead atoms. The first-order valence-electron chi connectivity index (χ1n) is 6.72. The number of methoxy groups -OCH3 is 1. The summed E-state index contributed by atoms with van der Waals surface area (Å²) in [6.45, 7) is 2.04. The first kappa shape index (κ1) is 17.7. The molecule has 0 radical (unpaired) electrons. The highest BCUT2D eigenvalue weighted by atomic mass is 79.9. The molecule has 0 unspecified atom stereocenters. The zero-order valence-corrected chi connectivity index (χ0v) is 16.9. The van der Waals surface area contributed by atoms with Crippen molar-refractivity contribution in [3.8, 4) is 0 Å². The summed E-state index contributed by atoms with van der Waals surface area (Å²) < 4.78 is 7.92. The third kappa shape index (κ3) is 4.00. The molecule has 116 valence electrons. The molecule has 0 aliphatic heterocycles. The second-order valence-electron chi connectivity index (χ2n) is 5.01. The molecule has 0 N–H and O–H groups in total. The highest BCUT2D eigenvalue weighted by molar-refractivity contribution is 9.13. The van der Waals surface area contributed by atoms with E-state index in [-0.39, 0.29) is 17.8 Å². The molecule has 0 aromatic heterocycles. The van der Waals surface area contributed by atoms with Gasteiger partial charge < -0.3 is 4.74 Å². The van der Waals surface area contributed by atoms with Gasteiger partial charge in [-0.1, -0.05) is 41.1 Å². The minimum atomic E-state index is -0.351. The lowest BCUT2D eigenvalue weighted by atomic mass is 9.83. The number of rotatable bonds is 4. The Morgan fingerprint density at radius 3 is 2.09 bits per heavy atom. The van der Waals surface area contributed by atoms with Gasteiger partial charge in [0.2, 0.25) is 0 Å². The first-order chi connectivity index (χ1) is 10.4. The molecule has 2 atom stereocenters. The molecule has 0 saturated heterocycles. The quantitative estimate of drug-likeness (QED) is 0.489. The highest BCUT2D eigenvalue weighted by Gasteiger charge is 2.29. The Morgan fingerprint density at radius 2 is 1.55 bits per heavy atom. The van der Waals surface area contributed by atoms with Crippen LogP contribution in [-0.2, 0) is 9.53 Å². The lowest BCUT2D eigenvalue weighted by Crippen LogP contribution is -2.20. The Labute approximate surface area is 155 Å². The van der Waals surface area contributed by atoms with E-state index >= 15 is 0 Å². The third-order valence-corrected chi connectivity index (χ3v) is 6.06. The number of hydrogen-bond acceptors (Lipinski definition) is 2. The zero-order chi connectivity index (χ0) is 16.3. The average Bonchev–Trinajstić information content (AvgIpc) is 2.51. The summed E-state index contributed by atoms with van der Waals surface area (Å²) in [6, 6.07) is 13.9. The molecule has 0 saturated carbocycles. The largest absolute Gasteiger partial charge is 0.469 e. The molecule has 5 heteroatoms. The van der Waals surface area contributed by atoms with E-state index < -0.39 is 0 Å². The van der Waals surface area contributed by atoms with Crippen LogP contribution in [-0.4, -0.2) is 13.1 Å². The zero-order valence-electron chi connectivity index (χ0n) is 12.1. The van der Waals surface area contributed by atoms with Gasteiger partial charge in [0.1, 0.15) is 0 Å². The summed E-state index contributed by atoms with van der Waals surface area (Å²) in [5.41, 5.74) is 2.02. The number of benzene rings is 2. The Bertz CT molecular complexity index is 668. The number of ether oxygens (including phenoxy) is 1. The van der Waals surface area contributed by atoms with Gasteiger partial charge in [-0.3, -0.25) is 4.79 Å². The van der Waals surface area contributed by atoms with E-state index in [1.807, 2.05) is 49.4 Å². The average molecular weight is 491 g/mol. The lowest BCUT2D eigenvalue weighted by Gasteiger charge is -2.23. The Kier molecular flexibility index (Phi) is 6.24. The van der Waals surface area contributed by atoms with E-state index in [1.165, 1.54) is 7.11 Å². The van der Waals surface area contributed by atoms with Crippen LogP contribution in [0.1, 0.15) is 29.9 Å². The van der Waals surface area contributed by atoms with Crippen molar-refractivity contribution < 1.29 is 9.53 Å². The van der Waals surface area contributed by atoms with Crippen molar-refractivity contribution in [3.05, 3.63) is 67.0 Å². The van der Waals surface area contributed by atoms with E-state index in [9.17, 15) is 4.79 Å². The second-order valence-corrected chi connectivity index (χ2v) is 7.64. The molecule has 22 heavy (non-hydrogen) atoms. The fraction of sp³-hybridized carbons (Fsp3) is 0.235. The summed E-state index contributed by atoms with van der Waals surface area (Å²) in [5.74, 6) is -0.575. The molecule has 0 aliphatic rings. The molecule has 2 rings (SSSR count). The molecule has 2 nitrogen and oxygen atoms in total. The number of carbonyl (C=O) groups is 1. The smallest absolute Gasteiger partial charge is 0.313 e. The molecule has 0 amide bonds. The molecule has 2 aromatic carbocycles. The number of esters is 1. The third-order valence-electron chi connectivity index (χ3n) is 3.65. The van der Waals surface area contributed by atoms with Crippen LogP contribution in [0.15, 0.2) is 55.9 Å². The van der Waals surface area contributed by atoms with Crippen LogP contribution in [0.25, 0.3) is 0 Å². The van der Waals surface area contributed by atoms with Gasteiger partial charge >= 0.3 is 5.97 Å². The summed E-state index contributed by atoms with van der Waals surface area (Å²) in [6.07, 6.45) is 0. The molecule has 0 aliphatic carbocycles. The summed E-state index contributed by atoms with van der Waals surface area (Å²) in [4.78, 5) is 12.3. The van der Waals surface area contributed by atoms with Gasteiger partial charge in [-0.05, 0) is 73.2 Å².